The second kappa shape index (κ2) is 6.90. The lowest BCUT2D eigenvalue weighted by Gasteiger charge is -2.15. The van der Waals surface area contributed by atoms with Gasteiger partial charge in [-0.3, -0.25) is 4.79 Å². The van der Waals surface area contributed by atoms with Gasteiger partial charge in [0.05, 0.1) is 15.8 Å². The highest BCUT2D eigenvalue weighted by Gasteiger charge is 2.16. The van der Waals surface area contributed by atoms with Gasteiger partial charge in [0.25, 0.3) is 5.91 Å². The second-order valence-electron chi connectivity index (χ2n) is 5.27. The molecule has 1 amide bonds. The van der Waals surface area contributed by atoms with Crippen LogP contribution in [0.5, 0.6) is 0 Å². The van der Waals surface area contributed by atoms with E-state index in [1.54, 1.807) is 13.0 Å². The summed E-state index contributed by atoms with van der Waals surface area (Å²) in [5.74, 6) is -0.531. The maximum absolute atomic E-state index is 12.8. The molecule has 0 saturated carbocycles. The van der Waals surface area contributed by atoms with Crippen LogP contribution in [-0.2, 0) is 20.2 Å². The second-order valence-corrected chi connectivity index (χ2v) is 8.18. The van der Waals surface area contributed by atoms with Gasteiger partial charge in [-0.15, -0.1) is 3.89 Å². The fourth-order valence-corrected chi connectivity index (χ4v) is 3.12. The van der Waals surface area contributed by atoms with Gasteiger partial charge in [0.15, 0.2) is 0 Å². The number of nitrogens with one attached hydrogen (secondary N) is 1. The molecule has 0 fully saturated rings. The summed E-state index contributed by atoms with van der Waals surface area (Å²) in [6, 6.07) is 9.58. The van der Waals surface area contributed by atoms with Gasteiger partial charge in [0.1, 0.15) is 0 Å². The van der Waals surface area contributed by atoms with Crippen LogP contribution in [0.15, 0.2) is 58.3 Å². The van der Waals surface area contributed by atoms with Crippen molar-refractivity contribution in [1.82, 2.24) is 5.32 Å². The van der Waals surface area contributed by atoms with Crippen molar-refractivity contribution in [3.63, 3.8) is 0 Å². The first kappa shape index (κ1) is 19.0. The summed E-state index contributed by atoms with van der Waals surface area (Å²) in [6.07, 6.45) is 0. The topological polar surface area (TPSA) is 123 Å². The van der Waals surface area contributed by atoms with E-state index in [4.69, 9.17) is 5.14 Å². The van der Waals surface area contributed by atoms with Gasteiger partial charge in [0, 0.05) is 5.56 Å². The molecule has 0 spiro atoms. The van der Waals surface area contributed by atoms with E-state index in [-0.39, 0.29) is 10.5 Å². The van der Waals surface area contributed by atoms with E-state index in [2.05, 4.69) is 5.32 Å². The fraction of sp³-hybridized carbons (Fsp3) is 0.133. The zero-order valence-corrected chi connectivity index (χ0v) is 14.6. The Hall–Kier alpha value is -2.30. The van der Waals surface area contributed by atoms with Crippen LogP contribution in [0, 0.1) is 0 Å². The molecule has 10 heteroatoms. The number of halogens is 1. The summed E-state index contributed by atoms with van der Waals surface area (Å²) in [7, 11) is -8.69. The molecule has 2 rings (SSSR count). The molecule has 25 heavy (non-hydrogen) atoms. The molecule has 2 aromatic rings. The third kappa shape index (κ3) is 4.84. The number of amides is 1. The Morgan fingerprint density at radius 3 is 2.16 bits per heavy atom. The van der Waals surface area contributed by atoms with E-state index in [0.717, 1.165) is 12.1 Å². The monoisotopic (exact) mass is 386 g/mol. The molecule has 0 aliphatic heterocycles. The van der Waals surface area contributed by atoms with Crippen LogP contribution < -0.4 is 10.5 Å². The SMILES string of the molecule is CC(NC(=O)c1ccc(S(=O)(=O)F)cc1)c1cccc(S(N)(=O)=O)c1. The smallest absolute Gasteiger partial charge is 0.332 e. The number of carbonyl (C=O) groups excluding carboxylic acids is 1. The molecule has 0 bridgehead atoms. The highest BCUT2D eigenvalue weighted by Crippen LogP contribution is 2.18. The van der Waals surface area contributed by atoms with Gasteiger partial charge >= 0.3 is 10.2 Å². The highest BCUT2D eigenvalue weighted by atomic mass is 32.3. The van der Waals surface area contributed by atoms with Crippen molar-refractivity contribution in [2.75, 3.05) is 0 Å². The molecule has 2 aromatic carbocycles. The first-order valence-electron chi connectivity index (χ1n) is 6.97. The average molecular weight is 386 g/mol. The van der Waals surface area contributed by atoms with Crippen LogP contribution in [-0.4, -0.2) is 22.7 Å². The van der Waals surface area contributed by atoms with Crippen molar-refractivity contribution in [3.05, 3.63) is 59.7 Å². The number of rotatable bonds is 5. The van der Waals surface area contributed by atoms with E-state index in [9.17, 15) is 25.5 Å². The average Bonchev–Trinajstić information content (AvgIpc) is 2.53. The first-order chi connectivity index (χ1) is 11.5. The number of hydrogen-bond donors (Lipinski definition) is 2. The molecule has 1 unspecified atom stereocenters. The van der Waals surface area contributed by atoms with E-state index in [1.807, 2.05) is 0 Å². The number of carbonyl (C=O) groups is 1. The van der Waals surface area contributed by atoms with Crippen molar-refractivity contribution in [3.8, 4) is 0 Å². The van der Waals surface area contributed by atoms with Gasteiger partial charge in [0.2, 0.25) is 10.0 Å². The Bertz CT molecular complexity index is 1000. The zero-order chi connectivity index (χ0) is 18.8. The molecule has 0 aromatic heterocycles. The predicted octanol–water partition coefficient (Wildman–Crippen LogP) is 1.48. The molecule has 0 heterocycles. The van der Waals surface area contributed by atoms with Gasteiger partial charge in [-0.25, -0.2) is 13.6 Å². The Morgan fingerprint density at radius 1 is 1.04 bits per heavy atom. The maximum atomic E-state index is 12.8. The van der Waals surface area contributed by atoms with Crippen molar-refractivity contribution in [2.45, 2.75) is 22.8 Å². The zero-order valence-electron chi connectivity index (χ0n) is 13.0. The van der Waals surface area contributed by atoms with Crippen molar-refractivity contribution in [1.29, 1.82) is 0 Å². The van der Waals surface area contributed by atoms with Crippen LogP contribution in [0.1, 0.15) is 28.9 Å². The molecule has 0 radical (unpaired) electrons. The Morgan fingerprint density at radius 2 is 1.64 bits per heavy atom. The van der Waals surface area contributed by atoms with Gasteiger partial charge < -0.3 is 5.32 Å². The summed E-state index contributed by atoms with van der Waals surface area (Å²) in [5, 5.41) is 7.70. The molecule has 0 aliphatic carbocycles. The van der Waals surface area contributed by atoms with Crippen LogP contribution in [0.25, 0.3) is 0 Å². The molecule has 0 aliphatic rings. The quantitative estimate of drug-likeness (QED) is 0.754. The summed E-state index contributed by atoms with van der Waals surface area (Å²) >= 11 is 0. The van der Waals surface area contributed by atoms with Gasteiger partial charge in [-0.05, 0) is 48.9 Å². The van der Waals surface area contributed by atoms with Crippen LogP contribution >= 0.6 is 0 Å². The summed E-state index contributed by atoms with van der Waals surface area (Å²) in [6.45, 7) is 1.64. The lowest BCUT2D eigenvalue weighted by atomic mass is 10.1. The largest absolute Gasteiger partial charge is 0.346 e. The molecular formula is C15H15FN2O5S2. The standard InChI is InChI=1S/C15H15FN2O5S2/c1-10(12-3-2-4-14(9-12)25(17,22)23)18-15(19)11-5-7-13(8-6-11)24(16,20)21/h2-10H,1H3,(H,18,19)(H2,17,22,23). The maximum Gasteiger partial charge on any atom is 0.332 e. The highest BCUT2D eigenvalue weighted by molar-refractivity contribution is 7.89. The lowest BCUT2D eigenvalue weighted by Crippen LogP contribution is -2.26. The van der Waals surface area contributed by atoms with Crippen LogP contribution in [0.3, 0.4) is 0 Å². The number of primary sulfonamides is 1. The van der Waals surface area contributed by atoms with E-state index < -0.39 is 37.1 Å². The molecule has 7 nitrogen and oxygen atoms in total. The lowest BCUT2D eigenvalue weighted by molar-refractivity contribution is 0.0939. The number of sulfonamides is 1. The Labute approximate surface area is 144 Å². The predicted molar refractivity (Wildman–Crippen MR) is 88.4 cm³/mol. The van der Waals surface area contributed by atoms with Crippen molar-refractivity contribution < 1.29 is 25.5 Å². The van der Waals surface area contributed by atoms with E-state index >= 15 is 0 Å². The molecule has 3 N–H and O–H groups in total. The van der Waals surface area contributed by atoms with Crippen molar-refractivity contribution in [2.24, 2.45) is 5.14 Å². The third-order valence-electron chi connectivity index (χ3n) is 3.43. The number of benzene rings is 2. The minimum absolute atomic E-state index is 0.0800. The summed E-state index contributed by atoms with van der Waals surface area (Å²) in [5.41, 5.74) is 0.643. The minimum Gasteiger partial charge on any atom is -0.346 e. The molecule has 1 atom stereocenters. The summed E-state index contributed by atoms with van der Waals surface area (Å²) in [4.78, 5) is 11.6. The fourth-order valence-electron chi connectivity index (χ4n) is 2.09. The van der Waals surface area contributed by atoms with Crippen molar-refractivity contribution >= 4 is 26.2 Å². The summed E-state index contributed by atoms with van der Waals surface area (Å²) < 4.78 is 57.1. The first-order valence-corrected chi connectivity index (χ1v) is 9.90. The van der Waals surface area contributed by atoms with Gasteiger partial charge in [-0.1, -0.05) is 12.1 Å². The van der Waals surface area contributed by atoms with Gasteiger partial charge in [-0.2, -0.15) is 8.42 Å². The molecule has 0 saturated heterocycles. The van der Waals surface area contributed by atoms with E-state index in [0.29, 0.717) is 5.56 Å². The number of hydrogen-bond acceptors (Lipinski definition) is 5. The normalized spacial score (nSPS) is 13.2. The molecular weight excluding hydrogens is 371 g/mol. The molecule has 134 valence electrons. The minimum atomic E-state index is -4.83. The van der Waals surface area contributed by atoms with E-state index in [1.165, 1.54) is 30.3 Å². The van der Waals surface area contributed by atoms with Crippen LogP contribution in [0.4, 0.5) is 3.89 Å². The Kier molecular flexibility index (Phi) is 5.26. The number of nitrogens with two attached hydrogens (primary N) is 1. The van der Waals surface area contributed by atoms with Crippen LogP contribution in [0.2, 0.25) is 0 Å². The Balaban J connectivity index is 2.18. The third-order valence-corrected chi connectivity index (χ3v) is 5.18.